The van der Waals surface area contributed by atoms with Crippen LogP contribution in [0.4, 0.5) is 0 Å². The Morgan fingerprint density at radius 2 is 2.05 bits per heavy atom. The van der Waals surface area contributed by atoms with Crippen LogP contribution in [-0.2, 0) is 14.3 Å². The summed E-state index contributed by atoms with van der Waals surface area (Å²) in [6.45, 7) is 0. The Hall–Kier alpha value is -3.61. The summed E-state index contributed by atoms with van der Waals surface area (Å²) in [6, 6.07) is 12.5. The SMILES string of the molecule is COC(=O)C(=NO)c1[nH]c2ccccc2c1[C@H]1SC[C@H](O)[C@](c2ccc(O)c(OC)c2)(c2ncc[nH]2)S1. The number of H-pyrrole nitrogens is 2. The fourth-order valence-electron chi connectivity index (χ4n) is 4.59. The third kappa shape index (κ3) is 4.10. The van der Waals surface area contributed by atoms with Crippen molar-refractivity contribution in [2.45, 2.75) is 15.4 Å². The predicted octanol–water partition coefficient (Wildman–Crippen LogP) is 3.74. The van der Waals surface area contributed by atoms with Gasteiger partial charge in [-0.3, -0.25) is 0 Å². The number of methoxy groups -OCH3 is 2. The van der Waals surface area contributed by atoms with Crippen LogP contribution in [0.1, 0.15) is 27.2 Å². The topological polar surface area (TPSA) is 153 Å². The molecule has 1 fully saturated rings. The van der Waals surface area contributed by atoms with Crippen molar-refractivity contribution >= 4 is 46.1 Å². The smallest absolute Gasteiger partial charge is 0.362 e. The lowest BCUT2D eigenvalue weighted by molar-refractivity contribution is -0.132. The van der Waals surface area contributed by atoms with Crippen molar-refractivity contribution in [1.82, 2.24) is 15.0 Å². The number of rotatable bonds is 6. The van der Waals surface area contributed by atoms with Crippen molar-refractivity contribution < 1.29 is 29.7 Å². The quantitative estimate of drug-likeness (QED) is 0.107. The molecule has 10 nitrogen and oxygen atoms in total. The van der Waals surface area contributed by atoms with E-state index < -0.39 is 16.8 Å². The van der Waals surface area contributed by atoms with Gasteiger partial charge in [-0.05, 0) is 23.8 Å². The molecule has 12 heteroatoms. The second-order valence-corrected chi connectivity index (χ2v) is 11.0. The number of para-hydroxylation sites is 1. The molecule has 0 aliphatic carbocycles. The molecule has 0 spiro atoms. The van der Waals surface area contributed by atoms with Gasteiger partial charge in [0.1, 0.15) is 10.6 Å². The van der Waals surface area contributed by atoms with Crippen LogP contribution in [0.5, 0.6) is 11.5 Å². The number of aromatic amines is 2. The number of nitrogens with zero attached hydrogens (tertiary/aromatic N) is 2. The van der Waals surface area contributed by atoms with Gasteiger partial charge in [0.15, 0.2) is 11.5 Å². The number of aromatic nitrogens is 3. The van der Waals surface area contributed by atoms with Gasteiger partial charge in [0.05, 0.1) is 30.6 Å². The third-order valence-corrected chi connectivity index (χ3v) is 9.59. The molecule has 1 saturated heterocycles. The first kappa shape index (κ1) is 25.1. The number of hydrogen-bond donors (Lipinski definition) is 5. The number of oxime groups is 1. The predicted molar refractivity (Wildman–Crippen MR) is 141 cm³/mol. The number of aromatic hydroxyl groups is 1. The van der Waals surface area contributed by atoms with E-state index >= 15 is 0 Å². The fraction of sp³-hybridized carbons (Fsp3) is 0.240. The molecule has 192 valence electrons. The highest BCUT2D eigenvalue weighted by molar-refractivity contribution is 8.17. The molecule has 37 heavy (non-hydrogen) atoms. The second-order valence-electron chi connectivity index (χ2n) is 8.26. The number of nitrogens with one attached hydrogen (secondary N) is 2. The van der Waals surface area contributed by atoms with E-state index in [0.717, 1.165) is 16.5 Å². The van der Waals surface area contributed by atoms with Crippen molar-refractivity contribution in [3.05, 3.63) is 77.5 Å². The third-order valence-electron chi connectivity index (χ3n) is 6.32. The van der Waals surface area contributed by atoms with Crippen LogP contribution >= 0.6 is 23.5 Å². The number of imidazole rings is 1. The van der Waals surface area contributed by atoms with Gasteiger partial charge in [-0.2, -0.15) is 0 Å². The van der Waals surface area contributed by atoms with Crippen LogP contribution in [0, 0.1) is 0 Å². The fourth-order valence-corrected chi connectivity index (χ4v) is 8.11. The summed E-state index contributed by atoms with van der Waals surface area (Å²) in [5.74, 6) is 0.293. The minimum absolute atomic E-state index is 0.0251. The highest BCUT2D eigenvalue weighted by Gasteiger charge is 2.51. The van der Waals surface area contributed by atoms with Crippen molar-refractivity contribution in [2.24, 2.45) is 5.16 Å². The lowest BCUT2D eigenvalue weighted by Gasteiger charge is -2.43. The highest BCUT2D eigenvalue weighted by atomic mass is 32.2. The van der Waals surface area contributed by atoms with E-state index in [4.69, 9.17) is 9.47 Å². The maximum absolute atomic E-state index is 12.5. The number of esters is 1. The zero-order valence-corrected chi connectivity index (χ0v) is 21.5. The average Bonchev–Trinajstić information content (AvgIpc) is 3.59. The molecule has 2 aromatic heterocycles. The van der Waals surface area contributed by atoms with Crippen LogP contribution in [0.25, 0.3) is 10.9 Å². The lowest BCUT2D eigenvalue weighted by Crippen LogP contribution is -2.43. The van der Waals surface area contributed by atoms with Crippen LogP contribution in [0.2, 0.25) is 0 Å². The van der Waals surface area contributed by atoms with E-state index in [1.807, 2.05) is 24.3 Å². The molecule has 3 atom stereocenters. The van der Waals surface area contributed by atoms with Gasteiger partial charge in [0.2, 0.25) is 5.71 Å². The largest absolute Gasteiger partial charge is 0.504 e. The number of aliphatic hydroxyl groups excluding tert-OH is 1. The number of hydrogen-bond acceptors (Lipinski definition) is 10. The molecule has 5 rings (SSSR count). The number of thioether (sulfide) groups is 2. The molecule has 0 saturated carbocycles. The second kappa shape index (κ2) is 10.0. The first-order valence-corrected chi connectivity index (χ1v) is 13.1. The zero-order valence-electron chi connectivity index (χ0n) is 19.8. The van der Waals surface area contributed by atoms with Gasteiger partial charge in [0.25, 0.3) is 0 Å². The van der Waals surface area contributed by atoms with Gasteiger partial charge in [-0.15, -0.1) is 23.5 Å². The molecule has 0 radical (unpaired) electrons. The van der Waals surface area contributed by atoms with E-state index in [1.165, 1.54) is 43.8 Å². The zero-order chi connectivity index (χ0) is 26.2. The standard InChI is InChI=1S/C25H24N4O6S2/c1-34-17-11-13(7-8-16(17)30)25(24-26-9-10-27-24)18(31)12-36-23(37-25)19-14-5-3-4-6-15(14)28-20(19)21(29-33)22(32)35-2/h3-11,18,23,28,30-31,33H,12H2,1-2H3,(H,26,27)/t18-,23-,25+/m0/s1. The van der Waals surface area contributed by atoms with Gasteiger partial charge in [-0.25, -0.2) is 9.78 Å². The van der Waals surface area contributed by atoms with Crippen LogP contribution in [-0.4, -0.2) is 68.1 Å². The maximum atomic E-state index is 12.5. The van der Waals surface area contributed by atoms with Crippen molar-refractivity contribution in [3.8, 4) is 11.5 Å². The number of phenolic OH excluding ortho intramolecular Hbond substituents is 1. The van der Waals surface area contributed by atoms with Crippen molar-refractivity contribution in [3.63, 3.8) is 0 Å². The molecule has 2 aromatic carbocycles. The number of carbonyl (C=O) groups is 1. The summed E-state index contributed by atoms with van der Waals surface area (Å²) in [6.07, 6.45) is 2.42. The molecule has 4 aromatic rings. The first-order valence-electron chi connectivity index (χ1n) is 11.2. The molecule has 0 unspecified atom stereocenters. The summed E-state index contributed by atoms with van der Waals surface area (Å²) in [7, 11) is 2.68. The van der Waals surface area contributed by atoms with Crippen LogP contribution < -0.4 is 4.74 Å². The van der Waals surface area contributed by atoms with E-state index in [1.54, 1.807) is 24.5 Å². The minimum Gasteiger partial charge on any atom is -0.504 e. The number of benzene rings is 2. The average molecular weight is 541 g/mol. The van der Waals surface area contributed by atoms with E-state index in [9.17, 15) is 20.2 Å². The Morgan fingerprint density at radius 1 is 1.24 bits per heavy atom. The van der Waals surface area contributed by atoms with Crippen LogP contribution in [0.3, 0.4) is 0 Å². The normalized spacial score (nSPS) is 22.2. The molecule has 1 aliphatic heterocycles. The van der Waals surface area contributed by atoms with Gasteiger partial charge in [0, 0.05) is 34.6 Å². The first-order chi connectivity index (χ1) is 17.9. The molecule has 0 amide bonds. The molecular weight excluding hydrogens is 516 g/mol. The van der Waals surface area contributed by atoms with Gasteiger partial charge < -0.3 is 34.9 Å². The Morgan fingerprint density at radius 3 is 2.76 bits per heavy atom. The maximum Gasteiger partial charge on any atom is 0.362 e. The summed E-state index contributed by atoms with van der Waals surface area (Å²) in [5, 5.41) is 35.6. The molecular formula is C25H24N4O6S2. The Labute approximate surface area is 220 Å². The summed E-state index contributed by atoms with van der Waals surface area (Å²) < 4.78 is 8.79. The van der Waals surface area contributed by atoms with Gasteiger partial charge >= 0.3 is 5.97 Å². The highest BCUT2D eigenvalue weighted by Crippen LogP contribution is 2.61. The van der Waals surface area contributed by atoms with Crippen molar-refractivity contribution in [2.75, 3.05) is 20.0 Å². The Bertz CT molecular complexity index is 1470. The van der Waals surface area contributed by atoms with Crippen LogP contribution in [0.15, 0.2) is 60.0 Å². The molecule has 5 N–H and O–H groups in total. The number of carbonyl (C=O) groups excluding carboxylic acids is 1. The monoisotopic (exact) mass is 540 g/mol. The Kier molecular flexibility index (Phi) is 6.80. The number of ether oxygens (including phenoxy) is 2. The number of fused-ring (bicyclic) bond motifs is 1. The molecule has 1 aliphatic rings. The van der Waals surface area contributed by atoms with Crippen molar-refractivity contribution in [1.29, 1.82) is 0 Å². The van der Waals surface area contributed by atoms with E-state index in [-0.39, 0.29) is 21.8 Å². The summed E-state index contributed by atoms with van der Waals surface area (Å²) >= 11 is 2.92. The number of phenols is 1. The molecule has 0 bridgehead atoms. The van der Waals surface area contributed by atoms with E-state index in [2.05, 4.69) is 20.1 Å². The Balaban J connectivity index is 1.72. The van der Waals surface area contributed by atoms with Gasteiger partial charge in [-0.1, -0.05) is 29.4 Å². The van der Waals surface area contributed by atoms with E-state index in [0.29, 0.717) is 22.8 Å². The lowest BCUT2D eigenvalue weighted by atomic mass is 9.91. The summed E-state index contributed by atoms with van der Waals surface area (Å²) in [5.41, 5.74) is 2.21. The minimum atomic E-state index is -1.09. The summed E-state index contributed by atoms with van der Waals surface area (Å²) in [4.78, 5) is 23.4. The molecule has 3 heterocycles. The number of aliphatic hydroxyl groups is 1.